The summed E-state index contributed by atoms with van der Waals surface area (Å²) in [5, 5.41) is 0. The lowest BCUT2D eigenvalue weighted by Crippen LogP contribution is -2.38. The third kappa shape index (κ3) is 153. The number of thioether (sulfide) groups is 4. The average molecular weight is 1120 g/mol. The fraction of sp³-hybridized carbons (Fsp3) is 1.00. The van der Waals surface area contributed by atoms with E-state index < -0.39 is 12.7 Å². The minimum Gasteiger partial charge on any atom is -0.385 e. The standard InChI is InChI=1S/2C8H18O.2C8H18S.C5H12.2C4H10O.2C4H10S.10CH4/c1-7(2,3)8(4,5)9-6;1-7(2,3)9-8(4,5)6;1-7(2,3)8(4,5)9-6;1-7(2,3)9-8(4,5)6;1-3-5-4-2;1-3-4-5-2;1-3-5-4-2;1-3-4-5-2;1-3-5-4-2;;;;;;;;;;/h4*1-6H3;3-5H2,1-2H3;4*3-4H2,1-2H3;10*1H4/i;;;;3D2,4D2;;;;;;;;;;;;;;. The Kier molecular flexibility index (Phi) is 119. The second-order valence-corrected chi connectivity index (χ2v) is 27.6. The maximum Gasteiger partial charge on any atom is 0.0670 e. The minimum atomic E-state index is -1.39. The van der Waals surface area contributed by atoms with Crippen molar-refractivity contribution < 1.29 is 24.4 Å². The Labute approximate surface area is 488 Å². The van der Waals surface area contributed by atoms with Crippen LogP contribution >= 0.6 is 47.0 Å². The van der Waals surface area contributed by atoms with E-state index in [0.29, 0.717) is 19.7 Å². The SMILES string of the molecule is C.C.C.C.C.C.C.C.C.C.CC(C)(C)OC(C)(C)C.CC(C)(C)SC(C)(C)C.CCCOC.CCCSC.CCOCC.CCSCC.COC(C)(C)C(C)(C)C.CSC(C)(C)C(C)(C)C.[2H]C([2H])(C)CC([2H])([2H])C. The molecule has 0 amide bonds. The Bertz CT molecular complexity index is 792. The number of ether oxygens (including phenoxy) is 4. The molecule has 0 aromatic carbocycles. The topological polar surface area (TPSA) is 36.9 Å². The molecule has 0 atom stereocenters. The van der Waals surface area contributed by atoms with Gasteiger partial charge < -0.3 is 18.9 Å². The van der Waals surface area contributed by atoms with E-state index in [-0.39, 0.29) is 103 Å². The zero-order valence-electron chi connectivity index (χ0n) is 52.6. The van der Waals surface area contributed by atoms with Crippen LogP contribution < -0.4 is 0 Å². The molecule has 8 heteroatoms. The second kappa shape index (κ2) is 75.5. The maximum absolute atomic E-state index is 7.01. The van der Waals surface area contributed by atoms with Gasteiger partial charge in [0.25, 0.3) is 0 Å². The highest BCUT2D eigenvalue weighted by molar-refractivity contribution is 8.01. The molecule has 0 heterocycles. The predicted octanol–water partition coefficient (Wildman–Crippen LogP) is 25.7. The van der Waals surface area contributed by atoms with E-state index in [1.807, 2.05) is 60.9 Å². The Hall–Kier alpha value is 1.24. The smallest absolute Gasteiger partial charge is 0.0670 e. The molecule has 4 nitrogen and oxygen atoms in total. The summed E-state index contributed by atoms with van der Waals surface area (Å²) in [6.07, 6.45) is 3.91. The van der Waals surface area contributed by atoms with Gasteiger partial charge in [-0.25, -0.2) is 0 Å². The third-order valence-corrected chi connectivity index (χ3v) is 12.3. The fourth-order valence-electron chi connectivity index (χ4n) is 3.44. The molecule has 0 rings (SSSR count). The van der Waals surface area contributed by atoms with Gasteiger partial charge in [0, 0.05) is 53.8 Å². The van der Waals surface area contributed by atoms with Gasteiger partial charge in [0.2, 0.25) is 0 Å². The number of hydrogen-bond acceptors (Lipinski definition) is 8. The number of methoxy groups -OCH3 is 2. The molecule has 0 N–H and O–H groups in total. The minimum absolute atomic E-state index is 0. The molecule has 0 unspecified atom stereocenters. The first-order valence-electron chi connectivity index (χ1n) is 25.0. The highest BCUT2D eigenvalue weighted by Crippen LogP contribution is 2.39. The van der Waals surface area contributed by atoms with E-state index in [9.17, 15) is 0 Å². The van der Waals surface area contributed by atoms with Crippen LogP contribution in [0.15, 0.2) is 0 Å². The Balaban J connectivity index is -0.0000000275. The summed E-state index contributed by atoms with van der Waals surface area (Å²) in [4.78, 5) is 0. The molecule has 0 aliphatic heterocycles. The first-order chi connectivity index (χ1) is 28.4. The monoisotopic (exact) mass is 1120 g/mol. The van der Waals surface area contributed by atoms with Crippen LogP contribution in [0, 0.1) is 10.8 Å². The van der Waals surface area contributed by atoms with Gasteiger partial charge in [0.05, 0.1) is 16.8 Å². The largest absolute Gasteiger partial charge is 0.385 e. The highest BCUT2D eigenvalue weighted by atomic mass is 32.2. The van der Waals surface area contributed by atoms with Crippen LogP contribution in [-0.2, 0) is 18.9 Å². The Morgan fingerprint density at radius 1 is 0.451 bits per heavy atom. The van der Waals surface area contributed by atoms with Crippen molar-refractivity contribution in [3.05, 3.63) is 0 Å². The van der Waals surface area contributed by atoms with Gasteiger partial charge in [-0.1, -0.05) is 232 Å². The third-order valence-electron chi connectivity index (χ3n) is 7.84. The van der Waals surface area contributed by atoms with Crippen LogP contribution in [0.4, 0.5) is 0 Å². The van der Waals surface area contributed by atoms with E-state index in [1.165, 1.54) is 37.5 Å². The summed E-state index contributed by atoms with van der Waals surface area (Å²) in [5.41, 5.74) is 0.581. The van der Waals surface area contributed by atoms with E-state index >= 15 is 0 Å². The molecule has 0 saturated carbocycles. The number of rotatable bonds is 12. The van der Waals surface area contributed by atoms with Gasteiger partial charge in [0.1, 0.15) is 0 Å². The maximum atomic E-state index is 7.01. The second-order valence-electron chi connectivity index (χ2n) is 21.0. The summed E-state index contributed by atoms with van der Waals surface area (Å²) < 4.78 is 49.7. The van der Waals surface area contributed by atoms with Crippen molar-refractivity contribution in [2.75, 3.05) is 63.8 Å². The molecule has 0 spiro atoms. The molecule has 0 aromatic heterocycles. The molecular weight excluding hydrogens is 949 g/mol. The van der Waals surface area contributed by atoms with E-state index in [1.54, 1.807) is 14.2 Å². The molecule has 0 aliphatic rings. The zero-order chi connectivity index (χ0) is 55.0. The van der Waals surface area contributed by atoms with Gasteiger partial charge in [0.15, 0.2) is 0 Å². The van der Waals surface area contributed by atoms with E-state index in [0.717, 1.165) is 26.2 Å². The summed E-state index contributed by atoms with van der Waals surface area (Å²) >= 11 is 7.81. The van der Waals surface area contributed by atoms with Crippen molar-refractivity contribution in [1.29, 1.82) is 0 Å². The summed E-state index contributed by atoms with van der Waals surface area (Å²) in [6, 6.07) is 0. The van der Waals surface area contributed by atoms with Crippen molar-refractivity contribution in [1.82, 2.24) is 0 Å². The first-order valence-corrected chi connectivity index (χ1v) is 27.6. The highest BCUT2D eigenvalue weighted by Gasteiger charge is 2.32. The predicted molar refractivity (Wildman–Crippen MR) is 369 cm³/mol. The quantitative estimate of drug-likeness (QED) is 0.191. The van der Waals surface area contributed by atoms with E-state index in [4.69, 9.17) is 24.4 Å². The van der Waals surface area contributed by atoms with Crippen molar-refractivity contribution in [2.24, 2.45) is 10.8 Å². The molecule has 0 fully saturated rings. The molecular formula is C63H164O4S4. The zero-order valence-corrected chi connectivity index (χ0v) is 51.9. The first kappa shape index (κ1) is 112. The van der Waals surface area contributed by atoms with Crippen molar-refractivity contribution in [3.63, 3.8) is 0 Å². The van der Waals surface area contributed by atoms with Gasteiger partial charge in [-0.05, 0) is 123 Å². The lowest BCUT2D eigenvalue weighted by Gasteiger charge is -2.37. The van der Waals surface area contributed by atoms with Crippen LogP contribution in [-0.4, -0.2) is 94.9 Å². The summed E-state index contributed by atoms with van der Waals surface area (Å²) in [7, 11) is 3.47. The molecule has 0 bridgehead atoms. The van der Waals surface area contributed by atoms with Gasteiger partial charge in [-0.2, -0.15) is 47.0 Å². The van der Waals surface area contributed by atoms with Crippen molar-refractivity contribution in [2.45, 2.75) is 345 Å². The normalized spacial score (nSPS) is 11.3. The lowest BCUT2D eigenvalue weighted by molar-refractivity contribution is -0.102. The van der Waals surface area contributed by atoms with Crippen molar-refractivity contribution >= 4 is 47.0 Å². The summed E-state index contributed by atoms with van der Waals surface area (Å²) in [5.74, 6) is 3.83. The van der Waals surface area contributed by atoms with Crippen LogP contribution in [0.25, 0.3) is 0 Å². The van der Waals surface area contributed by atoms with Crippen LogP contribution in [0.1, 0.15) is 319 Å². The number of hydrogen-bond donors (Lipinski definition) is 0. The molecule has 0 saturated heterocycles. The Morgan fingerprint density at radius 2 is 0.761 bits per heavy atom. The average Bonchev–Trinajstić information content (AvgIpc) is 3.02. The molecule has 0 aliphatic carbocycles. The van der Waals surface area contributed by atoms with Crippen LogP contribution in [0.5, 0.6) is 0 Å². The summed E-state index contributed by atoms with van der Waals surface area (Å²) in [6.45, 7) is 66.0. The van der Waals surface area contributed by atoms with E-state index in [2.05, 4.69) is 193 Å². The van der Waals surface area contributed by atoms with Gasteiger partial charge in [-0.15, -0.1) is 0 Å². The van der Waals surface area contributed by atoms with Crippen LogP contribution in [0.2, 0.25) is 0 Å². The van der Waals surface area contributed by atoms with Gasteiger partial charge in [-0.3, -0.25) is 0 Å². The molecule has 71 heavy (non-hydrogen) atoms. The molecule has 0 radical (unpaired) electrons. The molecule has 464 valence electrons. The van der Waals surface area contributed by atoms with Crippen molar-refractivity contribution in [3.8, 4) is 0 Å². The lowest BCUT2D eigenvalue weighted by atomic mass is 9.79. The van der Waals surface area contributed by atoms with Crippen LogP contribution in [0.3, 0.4) is 0 Å². The van der Waals surface area contributed by atoms with Gasteiger partial charge >= 0.3 is 0 Å². The molecule has 0 aromatic rings. The Morgan fingerprint density at radius 3 is 0.761 bits per heavy atom. The fourth-order valence-corrected chi connectivity index (χ4v) is 6.71.